The molecule has 0 amide bonds. The highest BCUT2D eigenvalue weighted by Crippen LogP contribution is 2.21. The lowest BCUT2D eigenvalue weighted by molar-refractivity contribution is -0.139. The summed E-state index contributed by atoms with van der Waals surface area (Å²) in [7, 11) is 1.65. The Hall–Kier alpha value is -0.260. The summed E-state index contributed by atoms with van der Waals surface area (Å²) >= 11 is 1.92. The molecule has 0 saturated carbocycles. The molecule has 1 aliphatic heterocycles. The van der Waals surface area contributed by atoms with Crippen molar-refractivity contribution in [3.05, 3.63) is 0 Å². The molecule has 1 rings (SSSR count). The Morgan fingerprint density at radius 3 is 3.00 bits per heavy atom. The van der Waals surface area contributed by atoms with E-state index in [1.807, 2.05) is 16.7 Å². The molecule has 5 heteroatoms. The van der Waals surface area contributed by atoms with Gasteiger partial charge in [0.05, 0.1) is 13.2 Å². The van der Waals surface area contributed by atoms with Gasteiger partial charge in [-0.2, -0.15) is 11.8 Å². The van der Waals surface area contributed by atoms with E-state index in [4.69, 9.17) is 9.84 Å². The van der Waals surface area contributed by atoms with E-state index in [1.54, 1.807) is 7.11 Å². The van der Waals surface area contributed by atoms with Gasteiger partial charge in [0.15, 0.2) is 0 Å². The number of carboxylic acids is 1. The number of nitrogens with zero attached hydrogens (tertiary/aromatic N) is 1. The van der Waals surface area contributed by atoms with Gasteiger partial charge in [0.1, 0.15) is 0 Å². The summed E-state index contributed by atoms with van der Waals surface area (Å²) < 4.78 is 5.00. The standard InChI is InChI=1S/C10H19NO3S/c1-14-5-4-11(7-10(12)13)9-3-2-6-15-8-9/h9H,2-8H2,1H3,(H,12,13). The molecule has 88 valence electrons. The lowest BCUT2D eigenvalue weighted by atomic mass is 10.1. The van der Waals surface area contributed by atoms with Crippen LogP contribution in [-0.4, -0.2) is 60.3 Å². The van der Waals surface area contributed by atoms with Crippen molar-refractivity contribution in [2.24, 2.45) is 0 Å². The Morgan fingerprint density at radius 2 is 2.47 bits per heavy atom. The number of thioether (sulfide) groups is 1. The van der Waals surface area contributed by atoms with Crippen molar-refractivity contribution in [2.75, 3.05) is 38.3 Å². The van der Waals surface area contributed by atoms with Gasteiger partial charge in [0, 0.05) is 25.4 Å². The van der Waals surface area contributed by atoms with Gasteiger partial charge in [-0.05, 0) is 18.6 Å². The molecule has 0 spiro atoms. The number of carbonyl (C=O) groups is 1. The first-order valence-electron chi connectivity index (χ1n) is 5.26. The molecule has 1 atom stereocenters. The molecule has 1 fully saturated rings. The fourth-order valence-corrected chi connectivity index (χ4v) is 2.97. The summed E-state index contributed by atoms with van der Waals surface area (Å²) in [5.41, 5.74) is 0. The van der Waals surface area contributed by atoms with Crippen molar-refractivity contribution >= 4 is 17.7 Å². The first kappa shape index (κ1) is 12.8. The van der Waals surface area contributed by atoms with Crippen LogP contribution >= 0.6 is 11.8 Å². The van der Waals surface area contributed by atoms with Crippen molar-refractivity contribution in [2.45, 2.75) is 18.9 Å². The van der Waals surface area contributed by atoms with Crippen molar-refractivity contribution in [3.63, 3.8) is 0 Å². The van der Waals surface area contributed by atoms with Crippen molar-refractivity contribution in [1.82, 2.24) is 4.90 Å². The van der Waals surface area contributed by atoms with Crippen molar-refractivity contribution in [3.8, 4) is 0 Å². The number of methoxy groups -OCH3 is 1. The molecule has 0 bridgehead atoms. The van der Waals surface area contributed by atoms with Crippen LogP contribution in [0.15, 0.2) is 0 Å². The minimum atomic E-state index is -0.748. The lowest BCUT2D eigenvalue weighted by Crippen LogP contribution is -2.43. The minimum absolute atomic E-state index is 0.134. The first-order valence-corrected chi connectivity index (χ1v) is 6.42. The Labute approximate surface area is 95.0 Å². The minimum Gasteiger partial charge on any atom is -0.480 e. The Kier molecular flexibility index (Phi) is 6.05. The summed E-state index contributed by atoms with van der Waals surface area (Å²) in [6, 6.07) is 0.412. The Bertz CT molecular complexity index is 195. The maximum atomic E-state index is 10.7. The highest BCUT2D eigenvalue weighted by atomic mass is 32.2. The second kappa shape index (κ2) is 7.09. The molecule has 0 radical (unpaired) electrons. The van der Waals surface area contributed by atoms with E-state index in [1.165, 1.54) is 12.2 Å². The lowest BCUT2D eigenvalue weighted by Gasteiger charge is -2.32. The van der Waals surface area contributed by atoms with Gasteiger partial charge in [-0.15, -0.1) is 0 Å². The van der Waals surface area contributed by atoms with Crippen LogP contribution in [0.3, 0.4) is 0 Å². The predicted octanol–water partition coefficient (Wildman–Crippen LogP) is 0.915. The summed E-state index contributed by atoms with van der Waals surface area (Å²) in [6.07, 6.45) is 2.31. The van der Waals surface area contributed by atoms with E-state index < -0.39 is 5.97 Å². The van der Waals surface area contributed by atoms with Gasteiger partial charge in [-0.25, -0.2) is 0 Å². The number of aliphatic carboxylic acids is 1. The Morgan fingerprint density at radius 1 is 1.67 bits per heavy atom. The van der Waals surface area contributed by atoms with Crippen LogP contribution < -0.4 is 0 Å². The van der Waals surface area contributed by atoms with Gasteiger partial charge < -0.3 is 9.84 Å². The second-order valence-electron chi connectivity index (χ2n) is 3.73. The molecule has 1 heterocycles. The SMILES string of the molecule is COCCN(CC(=O)O)C1CCCSC1. The molecule has 0 aromatic rings. The van der Waals surface area contributed by atoms with Crippen LogP contribution in [0.1, 0.15) is 12.8 Å². The van der Waals surface area contributed by atoms with E-state index >= 15 is 0 Å². The van der Waals surface area contributed by atoms with E-state index in [-0.39, 0.29) is 6.54 Å². The van der Waals surface area contributed by atoms with E-state index in [9.17, 15) is 4.79 Å². The predicted molar refractivity (Wildman–Crippen MR) is 61.4 cm³/mol. The second-order valence-corrected chi connectivity index (χ2v) is 4.88. The molecule has 0 aromatic carbocycles. The average Bonchev–Trinajstić information content (AvgIpc) is 2.25. The van der Waals surface area contributed by atoms with Crippen LogP contribution in [-0.2, 0) is 9.53 Å². The van der Waals surface area contributed by atoms with Crippen molar-refractivity contribution in [1.29, 1.82) is 0 Å². The van der Waals surface area contributed by atoms with Gasteiger partial charge in [-0.3, -0.25) is 9.69 Å². The van der Waals surface area contributed by atoms with E-state index in [2.05, 4.69) is 0 Å². The third kappa shape index (κ3) is 4.86. The highest BCUT2D eigenvalue weighted by Gasteiger charge is 2.22. The van der Waals surface area contributed by atoms with Crippen LogP contribution in [0.25, 0.3) is 0 Å². The van der Waals surface area contributed by atoms with E-state index in [0.29, 0.717) is 19.2 Å². The van der Waals surface area contributed by atoms with Crippen LogP contribution in [0.2, 0.25) is 0 Å². The normalized spacial score (nSPS) is 21.9. The number of carboxylic acid groups (broad SMARTS) is 1. The zero-order valence-corrected chi connectivity index (χ0v) is 9.96. The van der Waals surface area contributed by atoms with Gasteiger partial charge >= 0.3 is 5.97 Å². The number of hydrogen-bond acceptors (Lipinski definition) is 4. The molecular weight excluding hydrogens is 214 g/mol. The number of hydrogen-bond donors (Lipinski definition) is 1. The highest BCUT2D eigenvalue weighted by molar-refractivity contribution is 7.99. The molecule has 0 aromatic heterocycles. The zero-order chi connectivity index (χ0) is 11.1. The Balaban J connectivity index is 2.41. The average molecular weight is 233 g/mol. The maximum Gasteiger partial charge on any atom is 0.317 e. The third-order valence-corrected chi connectivity index (χ3v) is 3.77. The topological polar surface area (TPSA) is 49.8 Å². The summed E-state index contributed by atoms with van der Waals surface area (Å²) in [5, 5.41) is 8.82. The van der Waals surface area contributed by atoms with Crippen LogP contribution in [0.4, 0.5) is 0 Å². The summed E-state index contributed by atoms with van der Waals surface area (Å²) in [6.45, 7) is 1.46. The molecule has 0 aliphatic carbocycles. The zero-order valence-electron chi connectivity index (χ0n) is 9.15. The van der Waals surface area contributed by atoms with E-state index in [0.717, 1.165) is 12.2 Å². The fraction of sp³-hybridized carbons (Fsp3) is 0.900. The number of ether oxygens (including phenoxy) is 1. The van der Waals surface area contributed by atoms with Gasteiger partial charge in [-0.1, -0.05) is 0 Å². The van der Waals surface area contributed by atoms with Crippen LogP contribution in [0, 0.1) is 0 Å². The molecular formula is C10H19NO3S. The molecule has 1 N–H and O–H groups in total. The largest absolute Gasteiger partial charge is 0.480 e. The molecule has 1 unspecified atom stereocenters. The smallest absolute Gasteiger partial charge is 0.317 e. The monoisotopic (exact) mass is 233 g/mol. The fourth-order valence-electron chi connectivity index (χ4n) is 1.78. The van der Waals surface area contributed by atoms with Gasteiger partial charge in [0.2, 0.25) is 0 Å². The molecule has 15 heavy (non-hydrogen) atoms. The first-order chi connectivity index (χ1) is 7.24. The quantitative estimate of drug-likeness (QED) is 0.739. The third-order valence-electron chi connectivity index (χ3n) is 2.57. The molecule has 4 nitrogen and oxygen atoms in total. The summed E-state index contributed by atoms with van der Waals surface area (Å²) in [4.78, 5) is 12.8. The summed E-state index contributed by atoms with van der Waals surface area (Å²) in [5.74, 6) is 1.51. The number of rotatable bonds is 6. The van der Waals surface area contributed by atoms with Crippen LogP contribution in [0.5, 0.6) is 0 Å². The molecule has 1 aliphatic rings. The maximum absolute atomic E-state index is 10.7. The molecule has 1 saturated heterocycles. The van der Waals surface area contributed by atoms with Gasteiger partial charge in [0.25, 0.3) is 0 Å². The van der Waals surface area contributed by atoms with Crippen molar-refractivity contribution < 1.29 is 14.6 Å².